The van der Waals surface area contributed by atoms with Crippen LogP contribution in [-0.4, -0.2) is 25.3 Å². The van der Waals surface area contributed by atoms with Gasteiger partial charge in [-0.2, -0.15) is 10.2 Å². The second-order valence-electron chi connectivity index (χ2n) is 4.19. The summed E-state index contributed by atoms with van der Waals surface area (Å²) in [6, 6.07) is 1.79. The molecule has 0 aliphatic carbocycles. The van der Waals surface area contributed by atoms with Crippen LogP contribution in [0.3, 0.4) is 0 Å². The topological polar surface area (TPSA) is 52.7 Å². The van der Waals surface area contributed by atoms with Gasteiger partial charge in [0.2, 0.25) is 5.78 Å². The molecule has 0 aromatic carbocycles. The average Bonchev–Trinajstić information content (AvgIpc) is 2.82. The maximum absolute atomic E-state index is 12.5. The van der Waals surface area contributed by atoms with Crippen LogP contribution in [0.15, 0.2) is 16.7 Å². The van der Waals surface area contributed by atoms with E-state index >= 15 is 0 Å². The molecule has 2 heterocycles. The monoisotopic (exact) mass is 310 g/mol. The van der Waals surface area contributed by atoms with Gasteiger partial charge in [0.25, 0.3) is 0 Å². The molecule has 0 fully saturated rings. The maximum Gasteiger partial charge on any atom is 0.230 e. The van der Waals surface area contributed by atoms with E-state index in [1.54, 1.807) is 28.7 Å². The van der Waals surface area contributed by atoms with E-state index in [1.807, 2.05) is 6.92 Å². The molecule has 0 N–H and O–H groups in total. The fraction of sp³-hybridized carbons (Fsp3) is 0.417. The highest BCUT2D eigenvalue weighted by molar-refractivity contribution is 9.10. The first-order valence-electron chi connectivity index (χ1n) is 5.81. The molecule has 0 aliphatic heterocycles. The third kappa shape index (κ3) is 2.25. The standard InChI is InChI=1S/C12H15BrN4O/c1-4-5-17-11(9(13)7-14-17)12(18)10-6-8(2)15-16(10)3/h6-7H,4-5H2,1-3H3. The lowest BCUT2D eigenvalue weighted by Crippen LogP contribution is -2.15. The van der Waals surface area contributed by atoms with E-state index in [-0.39, 0.29) is 5.78 Å². The zero-order valence-electron chi connectivity index (χ0n) is 10.6. The lowest BCUT2D eigenvalue weighted by Gasteiger charge is -2.06. The van der Waals surface area contributed by atoms with Gasteiger partial charge in [0.05, 0.1) is 16.4 Å². The van der Waals surface area contributed by atoms with E-state index in [0.29, 0.717) is 11.4 Å². The van der Waals surface area contributed by atoms with E-state index in [2.05, 4.69) is 33.1 Å². The minimum atomic E-state index is -0.0593. The summed E-state index contributed by atoms with van der Waals surface area (Å²) in [5.41, 5.74) is 1.99. The van der Waals surface area contributed by atoms with Crippen LogP contribution in [0.5, 0.6) is 0 Å². The van der Waals surface area contributed by atoms with Gasteiger partial charge < -0.3 is 0 Å². The lowest BCUT2D eigenvalue weighted by molar-refractivity contribution is 0.101. The molecule has 0 saturated carbocycles. The van der Waals surface area contributed by atoms with Gasteiger partial charge in [-0.3, -0.25) is 14.2 Å². The minimum Gasteiger partial charge on any atom is -0.285 e. The minimum absolute atomic E-state index is 0.0593. The molecular weight excluding hydrogens is 296 g/mol. The molecule has 2 aromatic heterocycles. The highest BCUT2D eigenvalue weighted by atomic mass is 79.9. The molecule has 0 saturated heterocycles. The highest BCUT2D eigenvalue weighted by Gasteiger charge is 2.21. The first-order valence-corrected chi connectivity index (χ1v) is 6.60. The Bertz CT molecular complexity index is 585. The van der Waals surface area contributed by atoms with Crippen LogP contribution in [-0.2, 0) is 13.6 Å². The van der Waals surface area contributed by atoms with Gasteiger partial charge in [-0.05, 0) is 35.3 Å². The Hall–Kier alpha value is -1.43. The average molecular weight is 311 g/mol. The lowest BCUT2D eigenvalue weighted by atomic mass is 10.2. The van der Waals surface area contributed by atoms with E-state index in [4.69, 9.17) is 0 Å². The molecule has 0 aliphatic rings. The first kappa shape index (κ1) is 13.0. The summed E-state index contributed by atoms with van der Waals surface area (Å²) in [7, 11) is 1.77. The van der Waals surface area contributed by atoms with Crippen LogP contribution >= 0.6 is 15.9 Å². The maximum atomic E-state index is 12.5. The van der Waals surface area contributed by atoms with Crippen LogP contribution in [0.1, 0.15) is 35.2 Å². The summed E-state index contributed by atoms with van der Waals surface area (Å²) in [5.74, 6) is -0.0593. The molecule has 2 aromatic rings. The summed E-state index contributed by atoms with van der Waals surface area (Å²) < 4.78 is 4.06. The molecule has 0 radical (unpaired) electrons. The third-order valence-corrected chi connectivity index (χ3v) is 3.26. The van der Waals surface area contributed by atoms with Crippen molar-refractivity contribution in [1.29, 1.82) is 0 Å². The van der Waals surface area contributed by atoms with Crippen LogP contribution in [0.2, 0.25) is 0 Å². The van der Waals surface area contributed by atoms with Crippen molar-refractivity contribution < 1.29 is 4.79 Å². The number of carbonyl (C=O) groups excluding carboxylic acids is 1. The Morgan fingerprint density at radius 3 is 2.78 bits per heavy atom. The summed E-state index contributed by atoms with van der Waals surface area (Å²) in [4.78, 5) is 12.5. The molecule has 18 heavy (non-hydrogen) atoms. The summed E-state index contributed by atoms with van der Waals surface area (Å²) in [5, 5.41) is 8.41. The smallest absolute Gasteiger partial charge is 0.230 e. The third-order valence-electron chi connectivity index (χ3n) is 2.68. The molecule has 0 unspecified atom stereocenters. The molecule has 2 rings (SSSR count). The SMILES string of the molecule is CCCn1ncc(Br)c1C(=O)c1cc(C)nn1C. The van der Waals surface area contributed by atoms with E-state index in [0.717, 1.165) is 23.1 Å². The summed E-state index contributed by atoms with van der Waals surface area (Å²) in [6.07, 6.45) is 2.59. The fourth-order valence-corrected chi connectivity index (χ4v) is 2.39. The number of hydrogen-bond acceptors (Lipinski definition) is 3. The zero-order chi connectivity index (χ0) is 13.3. The number of ketones is 1. The quantitative estimate of drug-likeness (QED) is 0.814. The Labute approximate surface area is 114 Å². The van der Waals surface area contributed by atoms with Crippen LogP contribution in [0.4, 0.5) is 0 Å². The number of rotatable bonds is 4. The van der Waals surface area contributed by atoms with E-state index in [9.17, 15) is 4.79 Å². The van der Waals surface area contributed by atoms with Crippen molar-refractivity contribution in [2.24, 2.45) is 7.05 Å². The first-order chi connectivity index (χ1) is 8.54. The number of aromatic nitrogens is 4. The second-order valence-corrected chi connectivity index (χ2v) is 5.04. The molecule has 0 spiro atoms. The Morgan fingerprint density at radius 1 is 1.50 bits per heavy atom. The van der Waals surface area contributed by atoms with E-state index in [1.165, 1.54) is 0 Å². The van der Waals surface area contributed by atoms with Crippen LogP contribution in [0.25, 0.3) is 0 Å². The summed E-state index contributed by atoms with van der Waals surface area (Å²) in [6.45, 7) is 4.65. The molecule has 6 heteroatoms. The van der Waals surface area contributed by atoms with Crippen molar-refractivity contribution in [3.8, 4) is 0 Å². The fourth-order valence-electron chi connectivity index (χ4n) is 1.91. The zero-order valence-corrected chi connectivity index (χ0v) is 12.2. The van der Waals surface area contributed by atoms with Crippen molar-refractivity contribution in [1.82, 2.24) is 19.6 Å². The number of hydrogen-bond donors (Lipinski definition) is 0. The van der Waals surface area contributed by atoms with Gasteiger partial charge in [0.15, 0.2) is 0 Å². The number of halogens is 1. The van der Waals surface area contributed by atoms with Crippen LogP contribution in [0, 0.1) is 6.92 Å². The van der Waals surface area contributed by atoms with Crippen LogP contribution < -0.4 is 0 Å². The van der Waals surface area contributed by atoms with E-state index < -0.39 is 0 Å². The van der Waals surface area contributed by atoms with Crippen molar-refractivity contribution in [3.05, 3.63) is 33.8 Å². The normalized spacial score (nSPS) is 10.9. The van der Waals surface area contributed by atoms with Gasteiger partial charge >= 0.3 is 0 Å². The van der Waals surface area contributed by atoms with Crippen molar-refractivity contribution in [3.63, 3.8) is 0 Å². The summed E-state index contributed by atoms with van der Waals surface area (Å²) >= 11 is 3.38. The Balaban J connectivity index is 2.45. The van der Waals surface area contributed by atoms with Crippen molar-refractivity contribution >= 4 is 21.7 Å². The molecule has 96 valence electrons. The highest BCUT2D eigenvalue weighted by Crippen LogP contribution is 2.20. The Morgan fingerprint density at radius 2 is 2.22 bits per heavy atom. The molecule has 0 amide bonds. The Kier molecular flexibility index (Phi) is 3.65. The molecule has 0 atom stereocenters. The number of nitrogens with zero attached hydrogens (tertiary/aromatic N) is 4. The van der Waals surface area contributed by atoms with Gasteiger partial charge in [0.1, 0.15) is 11.4 Å². The van der Waals surface area contributed by atoms with Gasteiger partial charge in [-0.15, -0.1) is 0 Å². The number of aryl methyl sites for hydroxylation is 3. The predicted octanol–water partition coefficient (Wildman–Crippen LogP) is 2.33. The van der Waals surface area contributed by atoms with Crippen molar-refractivity contribution in [2.45, 2.75) is 26.8 Å². The van der Waals surface area contributed by atoms with Gasteiger partial charge in [0, 0.05) is 13.6 Å². The van der Waals surface area contributed by atoms with Gasteiger partial charge in [-0.1, -0.05) is 6.92 Å². The molecule has 0 bridgehead atoms. The van der Waals surface area contributed by atoms with Crippen molar-refractivity contribution in [2.75, 3.05) is 0 Å². The largest absolute Gasteiger partial charge is 0.285 e. The number of carbonyl (C=O) groups is 1. The predicted molar refractivity (Wildman–Crippen MR) is 71.6 cm³/mol. The second kappa shape index (κ2) is 5.06. The molecular formula is C12H15BrN4O. The van der Waals surface area contributed by atoms with Gasteiger partial charge in [-0.25, -0.2) is 0 Å². The molecule has 5 nitrogen and oxygen atoms in total.